The fourth-order valence-corrected chi connectivity index (χ4v) is 8.91. The summed E-state index contributed by atoms with van der Waals surface area (Å²) < 4.78 is 14.6. The van der Waals surface area contributed by atoms with Crippen LogP contribution in [0.15, 0.2) is 59.6 Å². The number of benzene rings is 2. The van der Waals surface area contributed by atoms with E-state index in [2.05, 4.69) is 71.7 Å². The first-order chi connectivity index (χ1) is 30.4. The summed E-state index contributed by atoms with van der Waals surface area (Å²) in [4.78, 5) is 41.5. The molecule has 0 bridgehead atoms. The molecule has 0 unspecified atom stereocenters. The van der Waals surface area contributed by atoms with Gasteiger partial charge in [-0.1, -0.05) is 46.4 Å². The number of carbonyl (C=O) groups is 2. The summed E-state index contributed by atoms with van der Waals surface area (Å²) in [6.07, 6.45) is 3.43. The van der Waals surface area contributed by atoms with Gasteiger partial charge in [0.25, 0.3) is 0 Å². The van der Waals surface area contributed by atoms with Crippen LogP contribution in [0.3, 0.4) is 0 Å². The van der Waals surface area contributed by atoms with E-state index in [1.54, 1.807) is 36.0 Å². The van der Waals surface area contributed by atoms with Crippen molar-refractivity contribution in [1.82, 2.24) is 39.3 Å². The van der Waals surface area contributed by atoms with Crippen LogP contribution in [-0.2, 0) is 39.0 Å². The SMILES string of the molecule is COc1cc(N2CCN(C(=O)Cn3nc(-c4nccs4)c(Cl)c3C)CC2)ccc1Cl.COc1cc(N2CCN(C(=O)Cn3nc(I)c(Cl)c3C)CC2)ccc1Cl.[Zn+][Br].[c-]1nccs1. The molecule has 14 nitrogen and oxygen atoms in total. The molecule has 0 N–H and O–H groups in total. The summed E-state index contributed by atoms with van der Waals surface area (Å²) in [5, 5.41) is 15.7. The number of methoxy groups -OCH3 is 2. The molecule has 2 amide bonds. The van der Waals surface area contributed by atoms with Crippen LogP contribution < -0.4 is 19.3 Å². The maximum atomic E-state index is 12.9. The van der Waals surface area contributed by atoms with E-state index in [1.165, 1.54) is 39.0 Å². The van der Waals surface area contributed by atoms with Gasteiger partial charge in [-0.05, 0) is 66.2 Å². The van der Waals surface area contributed by atoms with Gasteiger partial charge in [-0.15, -0.1) is 22.9 Å². The maximum Gasteiger partial charge on any atom is -0.0221 e. The fourth-order valence-electron chi connectivity index (χ4n) is 6.52. The average Bonchev–Trinajstić information content (AvgIpc) is 4.16. The molecule has 8 rings (SSSR count). The van der Waals surface area contributed by atoms with Gasteiger partial charge >= 0.3 is 30.0 Å². The quantitative estimate of drug-likeness (QED) is 0.0786. The van der Waals surface area contributed by atoms with Gasteiger partial charge in [-0.2, -0.15) is 10.2 Å². The molecule has 0 spiro atoms. The maximum absolute atomic E-state index is 12.9. The Morgan fingerprint density at radius 3 is 1.62 bits per heavy atom. The third-order valence-corrected chi connectivity index (χ3v) is 13.9. The van der Waals surface area contributed by atoms with Crippen LogP contribution in [-0.4, -0.2) is 118 Å². The van der Waals surface area contributed by atoms with Crippen LogP contribution in [0, 0.1) is 23.1 Å². The minimum absolute atomic E-state index is 0.0243. The zero-order chi connectivity index (χ0) is 45.6. The fraction of sp³-hybridized carbons (Fsp3) is 0.350. The van der Waals surface area contributed by atoms with Crippen molar-refractivity contribution >= 4 is 128 Å². The van der Waals surface area contributed by atoms with Crippen molar-refractivity contribution in [2.75, 3.05) is 76.4 Å². The molecule has 4 aromatic heterocycles. The molecule has 2 aliphatic rings. The summed E-state index contributed by atoms with van der Waals surface area (Å²) >= 11 is 34.1. The van der Waals surface area contributed by atoms with Gasteiger partial charge in [-0.3, -0.25) is 30.3 Å². The van der Waals surface area contributed by atoms with Gasteiger partial charge < -0.3 is 34.1 Å². The van der Waals surface area contributed by atoms with E-state index >= 15 is 0 Å². The number of rotatable bonds is 9. The Morgan fingerprint density at radius 2 is 1.24 bits per heavy atom. The number of piperazine rings is 2. The summed E-state index contributed by atoms with van der Waals surface area (Å²) in [5.41, 5.74) is 6.94. The largest absolute Gasteiger partial charge is 0.394 e. The third kappa shape index (κ3) is 13.7. The van der Waals surface area contributed by atoms with E-state index in [1.807, 2.05) is 70.8 Å². The van der Waals surface area contributed by atoms with Gasteiger partial charge in [0, 0.05) is 87.4 Å². The molecule has 0 radical (unpaired) electrons. The molecule has 2 aliphatic heterocycles. The number of nitrogens with zero attached hydrogens (tertiary/aromatic N) is 10. The number of amides is 2. The van der Waals surface area contributed by atoms with Gasteiger partial charge in [0.2, 0.25) is 11.8 Å². The number of carbonyl (C=O) groups excluding carboxylic acids is 2. The molecule has 0 aliphatic carbocycles. The Hall–Kier alpha value is -2.75. The minimum Gasteiger partial charge on any atom is -0.394 e. The zero-order valence-electron chi connectivity index (χ0n) is 34.7. The van der Waals surface area contributed by atoms with Crippen molar-refractivity contribution in [3.8, 4) is 22.2 Å². The molecular formula is C40H42BrCl4IN10O4S2Zn. The molecule has 2 saturated heterocycles. The molecule has 2 aromatic carbocycles. The van der Waals surface area contributed by atoms with Crippen LogP contribution in [0.25, 0.3) is 10.7 Å². The van der Waals surface area contributed by atoms with Crippen LogP contribution in [0.4, 0.5) is 11.4 Å². The van der Waals surface area contributed by atoms with Crippen molar-refractivity contribution in [2.24, 2.45) is 0 Å². The average molecular weight is 1200 g/mol. The first-order valence-electron chi connectivity index (χ1n) is 19.1. The normalized spacial score (nSPS) is 13.6. The molecule has 23 heteroatoms. The van der Waals surface area contributed by atoms with Gasteiger partial charge in [0.1, 0.15) is 39.0 Å². The predicted molar refractivity (Wildman–Crippen MR) is 261 cm³/mol. The number of hydrogen-bond acceptors (Lipinski definition) is 12. The van der Waals surface area contributed by atoms with Crippen molar-refractivity contribution in [3.05, 3.63) is 100 Å². The molecule has 2 fully saturated rings. The summed E-state index contributed by atoms with van der Waals surface area (Å²) in [5.74, 6) is 1.38. The van der Waals surface area contributed by atoms with Crippen molar-refractivity contribution in [3.63, 3.8) is 0 Å². The first kappa shape index (κ1) is 51.2. The number of hydrogen-bond donors (Lipinski definition) is 0. The van der Waals surface area contributed by atoms with Crippen LogP contribution >= 0.6 is 105 Å². The molecule has 0 saturated carbocycles. The van der Waals surface area contributed by atoms with E-state index in [9.17, 15) is 9.59 Å². The molecular weight excluding hydrogens is 1160 g/mol. The standard InChI is InChI=1S/C20H21Cl2N5O2S.C17H19Cl2IN4O2.C3H2NS.BrH.Zn/c1-13-18(22)19(20-23-5-10-30-20)24-27(13)12-17(28)26-8-6-25(7-9-26)14-3-4-15(21)16(11-14)29-2;1-11-16(19)17(20)21-24(11)10-15(25)23-7-5-22(6-8-23)12-3-4-13(18)14(9-12)26-2;1-2-5-3-4-1;;/h3-5,10-11H,6-9,12H2,1-2H3;3-4,9H,5-8,10H2,1-2H3;1-2H;1H;/q;;-1;;+2/p-1. The molecule has 6 aromatic rings. The van der Waals surface area contributed by atoms with Gasteiger partial charge in [0.05, 0.1) is 45.7 Å². The number of halogens is 6. The Bertz CT molecular complexity index is 2380. The summed E-state index contributed by atoms with van der Waals surface area (Å²) in [6.45, 7) is 9.69. The zero-order valence-corrected chi connectivity index (χ0v) is 46.1. The first-order valence-corrected chi connectivity index (χ1v) is 30.4. The molecule has 6 heterocycles. The van der Waals surface area contributed by atoms with Crippen molar-refractivity contribution in [2.45, 2.75) is 26.9 Å². The van der Waals surface area contributed by atoms with E-state index in [0.29, 0.717) is 63.5 Å². The van der Waals surface area contributed by atoms with E-state index in [0.717, 1.165) is 57.6 Å². The van der Waals surface area contributed by atoms with Crippen molar-refractivity contribution < 1.29 is 35.4 Å². The third-order valence-electron chi connectivity index (χ3n) is 10.0. The Balaban J connectivity index is 0.000000208. The molecule has 0 atom stereocenters. The number of anilines is 2. The van der Waals surface area contributed by atoms with Gasteiger partial charge in [0.15, 0.2) is 0 Å². The summed E-state index contributed by atoms with van der Waals surface area (Å²) in [7, 11) is 3.21. The van der Waals surface area contributed by atoms with E-state index < -0.39 is 0 Å². The smallest absolute Gasteiger partial charge is 0.0221 e. The monoisotopic (exact) mass is 1200 g/mol. The minimum atomic E-state index is 0.0243. The van der Waals surface area contributed by atoms with Crippen molar-refractivity contribution in [1.29, 1.82) is 0 Å². The number of thiazole rings is 2. The van der Waals surface area contributed by atoms with Crippen LogP contribution in [0.2, 0.25) is 20.1 Å². The Kier molecular flexibility index (Phi) is 20.5. The van der Waals surface area contributed by atoms with Gasteiger partial charge in [-0.25, -0.2) is 4.98 Å². The Labute approximate surface area is 424 Å². The second kappa shape index (κ2) is 25.2. The van der Waals surface area contributed by atoms with Crippen LogP contribution in [0.5, 0.6) is 11.5 Å². The summed E-state index contributed by atoms with van der Waals surface area (Å²) in [6, 6.07) is 11.5. The number of ether oxygens (including phenoxy) is 2. The van der Waals surface area contributed by atoms with E-state index in [-0.39, 0.29) is 24.9 Å². The second-order valence-corrected chi connectivity index (χ2v) is 17.8. The Morgan fingerprint density at radius 1 is 0.746 bits per heavy atom. The second-order valence-electron chi connectivity index (χ2n) is 13.6. The van der Waals surface area contributed by atoms with Crippen LogP contribution in [0.1, 0.15) is 11.4 Å². The number of aromatic nitrogens is 6. The molecule has 63 heavy (non-hydrogen) atoms. The predicted octanol–water partition coefficient (Wildman–Crippen LogP) is 9.23. The van der Waals surface area contributed by atoms with E-state index in [4.69, 9.17) is 55.9 Å². The molecule has 332 valence electrons. The topological polar surface area (TPSA) is 127 Å².